The van der Waals surface area contributed by atoms with Crippen LogP contribution >= 0.6 is 11.6 Å². The summed E-state index contributed by atoms with van der Waals surface area (Å²) in [5.74, 6) is 0. The number of rotatable bonds is 7. The fourth-order valence-corrected chi connectivity index (χ4v) is 6.35. The molecule has 1 saturated carbocycles. The zero-order valence-electron chi connectivity index (χ0n) is 26.3. The highest BCUT2D eigenvalue weighted by Gasteiger charge is 2.42. The number of pyridine rings is 1. The highest BCUT2D eigenvalue weighted by molar-refractivity contribution is 6.31. The summed E-state index contributed by atoms with van der Waals surface area (Å²) in [5, 5.41) is 3.74. The quantitative estimate of drug-likeness (QED) is 0.289. The van der Waals surface area contributed by atoms with Crippen LogP contribution in [0.3, 0.4) is 0 Å². The van der Waals surface area contributed by atoms with E-state index in [2.05, 4.69) is 16.4 Å². The van der Waals surface area contributed by atoms with Gasteiger partial charge in [-0.2, -0.15) is 0 Å². The number of carbonyl (C=O) groups excluding carboxylic acids is 2. The lowest BCUT2D eigenvalue weighted by Crippen LogP contribution is -2.38. The third-order valence-electron chi connectivity index (χ3n) is 9.12. The van der Waals surface area contributed by atoms with Crippen LogP contribution in [0.4, 0.5) is 9.59 Å². The van der Waals surface area contributed by atoms with E-state index in [1.165, 1.54) is 5.57 Å². The van der Waals surface area contributed by atoms with Crippen LogP contribution in [0, 0.1) is 0 Å². The number of benzene rings is 1. The molecule has 6 rings (SSSR count). The Morgan fingerprint density at radius 1 is 1.11 bits per heavy atom. The molecule has 9 nitrogen and oxygen atoms in total. The number of ether oxygens (including phenoxy) is 2. The van der Waals surface area contributed by atoms with Gasteiger partial charge in [0.25, 0.3) is 0 Å². The number of halogens is 1. The maximum atomic E-state index is 13.3. The molecule has 1 saturated heterocycles. The van der Waals surface area contributed by atoms with Crippen LogP contribution in [0.15, 0.2) is 54.6 Å². The maximum absolute atomic E-state index is 13.3. The van der Waals surface area contributed by atoms with Crippen molar-refractivity contribution in [2.24, 2.45) is 7.05 Å². The monoisotopic (exact) mass is 629 g/mol. The second-order valence-electron chi connectivity index (χ2n) is 12.4. The summed E-state index contributed by atoms with van der Waals surface area (Å²) in [6.45, 7) is 7.14. The Labute approximate surface area is 269 Å². The van der Waals surface area contributed by atoms with Gasteiger partial charge in [0.2, 0.25) is 0 Å². The van der Waals surface area contributed by atoms with Crippen LogP contribution in [-0.4, -0.2) is 56.4 Å². The Morgan fingerprint density at radius 3 is 2.53 bits per heavy atom. The van der Waals surface area contributed by atoms with Crippen LogP contribution in [0.1, 0.15) is 93.4 Å². The number of alkyl carbamates (subject to hydrolysis) is 1. The fourth-order valence-electron chi connectivity index (χ4n) is 6.17. The van der Waals surface area contributed by atoms with Crippen LogP contribution in [0.25, 0.3) is 17.2 Å². The number of amides is 2. The first kappa shape index (κ1) is 30.9. The summed E-state index contributed by atoms with van der Waals surface area (Å²) >= 11 is 6.67. The Hall–Kier alpha value is -4.11. The van der Waals surface area contributed by atoms with Crippen molar-refractivity contribution in [2.45, 2.75) is 77.0 Å². The van der Waals surface area contributed by atoms with E-state index in [9.17, 15) is 9.59 Å². The maximum Gasteiger partial charge on any atom is 0.410 e. The molecule has 1 N–H and O–H groups in total. The molecule has 3 aromatic rings. The molecule has 3 heterocycles. The molecule has 2 fully saturated rings. The Kier molecular flexibility index (Phi) is 8.73. The molecule has 45 heavy (non-hydrogen) atoms. The van der Waals surface area contributed by atoms with Gasteiger partial charge in [0, 0.05) is 42.5 Å². The predicted molar refractivity (Wildman–Crippen MR) is 174 cm³/mol. The van der Waals surface area contributed by atoms with Crippen molar-refractivity contribution in [3.05, 3.63) is 87.7 Å². The van der Waals surface area contributed by atoms with E-state index >= 15 is 0 Å². The molecular weight excluding hydrogens is 590 g/mol. The van der Waals surface area contributed by atoms with E-state index in [0.29, 0.717) is 31.0 Å². The summed E-state index contributed by atoms with van der Waals surface area (Å²) in [6, 6.07) is 9.27. The molecule has 2 aliphatic carbocycles. The van der Waals surface area contributed by atoms with E-state index in [-0.39, 0.29) is 12.2 Å². The number of likely N-dealkylation sites (tertiary alicyclic amines) is 1. The second-order valence-corrected chi connectivity index (χ2v) is 12.8. The molecular formula is C35H40ClN5O4. The topological polar surface area (TPSA) is 98.6 Å². The molecule has 1 aliphatic heterocycles. The third kappa shape index (κ3) is 6.50. The van der Waals surface area contributed by atoms with Gasteiger partial charge < -0.3 is 24.3 Å². The normalized spacial score (nSPS) is 17.6. The van der Waals surface area contributed by atoms with Gasteiger partial charge in [-0.15, -0.1) is 0 Å². The lowest BCUT2D eigenvalue weighted by Gasteiger charge is -2.31. The number of hydrogen-bond donors (Lipinski definition) is 1. The number of nitrogens with zero attached hydrogens (tertiary/aromatic N) is 4. The Bertz CT molecular complexity index is 1660. The summed E-state index contributed by atoms with van der Waals surface area (Å²) in [6.07, 6.45) is 11.3. The summed E-state index contributed by atoms with van der Waals surface area (Å²) in [5.41, 5.74) is 7.12. The van der Waals surface area contributed by atoms with E-state index in [1.807, 2.05) is 62.7 Å². The highest BCUT2D eigenvalue weighted by atomic mass is 35.5. The van der Waals surface area contributed by atoms with Gasteiger partial charge in [0.05, 0.1) is 23.9 Å². The highest BCUT2D eigenvalue weighted by Crippen LogP contribution is 2.45. The first-order chi connectivity index (χ1) is 21.7. The minimum atomic E-state index is -0.580. The number of aromatic nitrogens is 3. The molecule has 0 spiro atoms. The number of aryl methyl sites for hydroxylation is 1. The predicted octanol–water partition coefficient (Wildman–Crippen LogP) is 7.57. The van der Waals surface area contributed by atoms with Crippen molar-refractivity contribution in [1.29, 1.82) is 0 Å². The fraction of sp³-hybridized carbons (Fsp3) is 0.429. The SMILES string of the molecule is CCC(CC)OC(=O)N1CCC(=C2c3ccc(Cl)cc3C(C(NC(=O)OC3(C)CC3)c3cncn3C)=Cc3cccnc32)CC1. The van der Waals surface area contributed by atoms with Crippen molar-refractivity contribution in [3.63, 3.8) is 0 Å². The second kappa shape index (κ2) is 12.7. The van der Waals surface area contributed by atoms with Gasteiger partial charge in [-0.1, -0.05) is 43.2 Å². The summed E-state index contributed by atoms with van der Waals surface area (Å²) < 4.78 is 13.5. The van der Waals surface area contributed by atoms with E-state index in [0.717, 1.165) is 64.9 Å². The number of imidazole rings is 1. The standard InChI is InChI=1S/C35H40ClN5O4/c1-5-25(6-2)44-34(43)41-16-11-22(12-17-41)30-26-10-9-24(36)19-27(26)28(18-23-8-7-15-38-31(23)30)32(29-20-37-21-40(29)4)39-33(42)45-35(3)13-14-35/h7-10,15,18-21,25,32H,5-6,11-14,16-17H2,1-4H3,(H,39,42). The van der Waals surface area contributed by atoms with Crippen molar-refractivity contribution in [1.82, 2.24) is 24.8 Å². The molecule has 1 aromatic carbocycles. The van der Waals surface area contributed by atoms with Crippen molar-refractivity contribution in [3.8, 4) is 0 Å². The largest absolute Gasteiger partial charge is 0.446 e. The van der Waals surface area contributed by atoms with Gasteiger partial charge in [-0.3, -0.25) is 4.98 Å². The average Bonchev–Trinajstić information content (AvgIpc) is 3.64. The zero-order chi connectivity index (χ0) is 31.7. The average molecular weight is 630 g/mol. The van der Waals surface area contributed by atoms with Gasteiger partial charge in [0.15, 0.2) is 0 Å². The van der Waals surface area contributed by atoms with Gasteiger partial charge in [-0.25, -0.2) is 14.6 Å². The summed E-state index contributed by atoms with van der Waals surface area (Å²) in [4.78, 5) is 37.3. The Morgan fingerprint density at radius 2 is 1.87 bits per heavy atom. The zero-order valence-corrected chi connectivity index (χ0v) is 27.1. The molecule has 1 unspecified atom stereocenters. The van der Waals surface area contributed by atoms with Crippen LogP contribution < -0.4 is 5.32 Å². The van der Waals surface area contributed by atoms with Crippen molar-refractivity contribution in [2.75, 3.05) is 13.1 Å². The molecule has 0 radical (unpaired) electrons. The smallest absolute Gasteiger partial charge is 0.410 e. The number of nitrogens with one attached hydrogen (secondary N) is 1. The van der Waals surface area contributed by atoms with Crippen molar-refractivity contribution < 1.29 is 19.1 Å². The molecule has 236 valence electrons. The number of carbonyl (C=O) groups is 2. The van der Waals surface area contributed by atoms with E-state index < -0.39 is 17.7 Å². The number of fused-ring (bicyclic) bond motifs is 2. The minimum absolute atomic E-state index is 0.0679. The lowest BCUT2D eigenvalue weighted by molar-refractivity contribution is 0.0573. The number of hydrogen-bond acceptors (Lipinski definition) is 6. The first-order valence-corrected chi connectivity index (χ1v) is 16.2. The van der Waals surface area contributed by atoms with E-state index in [1.54, 1.807) is 23.6 Å². The molecule has 2 amide bonds. The van der Waals surface area contributed by atoms with Crippen molar-refractivity contribution >= 4 is 41.0 Å². The van der Waals surface area contributed by atoms with Gasteiger partial charge in [-0.05, 0) is 86.4 Å². The summed E-state index contributed by atoms with van der Waals surface area (Å²) in [7, 11) is 1.91. The van der Waals surface area contributed by atoms with Gasteiger partial charge >= 0.3 is 12.2 Å². The Balaban J connectivity index is 1.42. The first-order valence-electron chi connectivity index (χ1n) is 15.8. The molecule has 10 heteroatoms. The van der Waals surface area contributed by atoms with Gasteiger partial charge in [0.1, 0.15) is 17.7 Å². The lowest BCUT2D eigenvalue weighted by atomic mass is 9.86. The van der Waals surface area contributed by atoms with Crippen LogP contribution in [-0.2, 0) is 16.5 Å². The number of piperidine rings is 1. The van der Waals surface area contributed by atoms with Crippen LogP contribution in [0.5, 0.6) is 0 Å². The van der Waals surface area contributed by atoms with Crippen LogP contribution in [0.2, 0.25) is 5.02 Å². The molecule has 0 bridgehead atoms. The molecule has 1 atom stereocenters. The third-order valence-corrected chi connectivity index (χ3v) is 9.36. The molecule has 3 aliphatic rings. The molecule has 2 aromatic heterocycles. The van der Waals surface area contributed by atoms with E-state index in [4.69, 9.17) is 26.1 Å². The minimum Gasteiger partial charge on any atom is -0.446 e.